The highest BCUT2D eigenvalue weighted by atomic mass is 79.9. The van der Waals surface area contributed by atoms with E-state index in [1.54, 1.807) is 37.7 Å². The van der Waals surface area contributed by atoms with Gasteiger partial charge in [-0.3, -0.25) is 15.0 Å². The second-order valence-corrected chi connectivity index (χ2v) is 10.7. The highest BCUT2D eigenvalue weighted by molar-refractivity contribution is 9.12. The number of aromatic nitrogens is 1. The van der Waals surface area contributed by atoms with Gasteiger partial charge >= 0.3 is 0 Å². The fourth-order valence-corrected chi connectivity index (χ4v) is 4.50. The molecule has 0 unspecified atom stereocenters. The molecule has 2 rings (SSSR count). The van der Waals surface area contributed by atoms with Crippen LogP contribution in [-0.2, 0) is 16.8 Å². The number of hydrogen-bond donors (Lipinski definition) is 1. The normalized spacial score (nSPS) is 17.2. The maximum absolute atomic E-state index is 12.4. The number of piperidine rings is 1. The van der Waals surface area contributed by atoms with Gasteiger partial charge in [0, 0.05) is 75.8 Å². The summed E-state index contributed by atoms with van der Waals surface area (Å²) in [4.78, 5) is 8.89. The van der Waals surface area contributed by atoms with Gasteiger partial charge in [0.2, 0.25) is 0 Å². The molecule has 0 amide bonds. The number of pyridine rings is 1. The lowest BCUT2D eigenvalue weighted by Gasteiger charge is -2.33. The lowest BCUT2D eigenvalue weighted by Crippen LogP contribution is -2.45. The van der Waals surface area contributed by atoms with Gasteiger partial charge in [-0.2, -0.15) is 22.1 Å². The van der Waals surface area contributed by atoms with Crippen LogP contribution in [0.15, 0.2) is 57.5 Å². The van der Waals surface area contributed by atoms with Gasteiger partial charge < -0.3 is 5.32 Å². The molecule has 1 N–H and O–H groups in total. The lowest BCUT2D eigenvalue weighted by molar-refractivity contribution is 0.279. The Morgan fingerprint density at radius 3 is 2.59 bits per heavy atom. The Bertz CT molecular complexity index is 954. The summed E-state index contributed by atoms with van der Waals surface area (Å²) in [6.45, 7) is 5.19. The molecule has 32 heavy (non-hydrogen) atoms. The number of hydrogen-bond acceptors (Lipinski definition) is 6. The molecule has 1 aliphatic rings. The highest BCUT2D eigenvalue weighted by Crippen LogP contribution is 2.25. The van der Waals surface area contributed by atoms with Crippen molar-refractivity contribution < 1.29 is 8.42 Å². The molecule has 1 saturated heterocycles. The second-order valence-electron chi connectivity index (χ2n) is 7.56. The van der Waals surface area contributed by atoms with Crippen molar-refractivity contribution in [3.05, 3.63) is 52.9 Å². The molecule has 11 heteroatoms. The Morgan fingerprint density at radius 2 is 2.06 bits per heavy atom. The molecule has 176 valence electrons. The molecular weight excluding hydrogens is 494 g/mol. The molecule has 0 aliphatic carbocycles. The molecule has 1 aromatic heterocycles. The van der Waals surface area contributed by atoms with Crippen molar-refractivity contribution in [1.29, 1.82) is 0 Å². The van der Waals surface area contributed by atoms with Crippen molar-refractivity contribution >= 4 is 38.2 Å². The standard InChI is InChI=1S/C21H32BrN7O2S/c1-17(22)14-26-28(5)21(25-16-18-7-6-10-24-15-18)13-20(23-2)19-8-11-29(12-9-19)32(30,31)27(3)4/h6-7,10,13-15,19,23H,1,8-9,11-12,16H2,2-5H3/b20-13?,25-21?,26-14-. The number of aliphatic imine (C=N–C) groups is 1. The SMILES string of the molecule is C=C(Br)/C=N\N(C)C(C=C(NC)C1CCN(S(=O)(=O)N(C)C)CC1)=NCc1cccnc1. The Morgan fingerprint density at radius 1 is 1.38 bits per heavy atom. The zero-order valence-electron chi connectivity index (χ0n) is 19.1. The van der Waals surface area contributed by atoms with Crippen LogP contribution in [0.5, 0.6) is 0 Å². The van der Waals surface area contributed by atoms with E-state index in [1.807, 2.05) is 32.3 Å². The number of likely N-dealkylation sites (N-methyl/N-ethyl adjacent to an activating group) is 1. The van der Waals surface area contributed by atoms with Crippen molar-refractivity contribution in [2.24, 2.45) is 16.0 Å². The molecule has 0 atom stereocenters. The van der Waals surface area contributed by atoms with E-state index < -0.39 is 10.2 Å². The minimum atomic E-state index is -3.39. The fraction of sp³-hybridized carbons (Fsp3) is 0.476. The average molecular weight is 527 g/mol. The Labute approximate surface area is 199 Å². The summed E-state index contributed by atoms with van der Waals surface area (Å²) in [5, 5.41) is 9.35. The van der Waals surface area contributed by atoms with Crippen LogP contribution in [0, 0.1) is 5.92 Å². The number of halogens is 1. The zero-order chi connectivity index (χ0) is 23.7. The Balaban J connectivity index is 2.23. The predicted octanol–water partition coefficient (Wildman–Crippen LogP) is 2.43. The summed E-state index contributed by atoms with van der Waals surface area (Å²) in [5.74, 6) is 0.868. The number of nitrogens with zero attached hydrogens (tertiary/aromatic N) is 6. The second kappa shape index (κ2) is 12.2. The fourth-order valence-electron chi connectivity index (χ4n) is 3.28. The first-order valence-electron chi connectivity index (χ1n) is 10.3. The molecule has 0 spiro atoms. The molecule has 0 radical (unpaired) electrons. The number of rotatable bonds is 9. The van der Waals surface area contributed by atoms with Crippen molar-refractivity contribution in [2.45, 2.75) is 19.4 Å². The van der Waals surface area contributed by atoms with E-state index in [-0.39, 0.29) is 5.92 Å². The molecule has 0 aromatic carbocycles. The highest BCUT2D eigenvalue weighted by Gasteiger charge is 2.30. The van der Waals surface area contributed by atoms with E-state index in [1.165, 1.54) is 8.61 Å². The van der Waals surface area contributed by atoms with E-state index in [0.717, 1.165) is 24.1 Å². The molecule has 9 nitrogen and oxygen atoms in total. The van der Waals surface area contributed by atoms with E-state index in [0.29, 0.717) is 30.0 Å². The first-order valence-corrected chi connectivity index (χ1v) is 12.5. The smallest absolute Gasteiger partial charge is 0.281 e. The van der Waals surface area contributed by atoms with Crippen molar-refractivity contribution in [1.82, 2.24) is 23.9 Å². The third kappa shape index (κ3) is 7.51. The Kier molecular flexibility index (Phi) is 10.0. The van der Waals surface area contributed by atoms with Gasteiger partial charge in [0.15, 0.2) is 0 Å². The third-order valence-electron chi connectivity index (χ3n) is 5.10. The van der Waals surface area contributed by atoms with Crippen LogP contribution in [0.4, 0.5) is 0 Å². The number of allylic oxidation sites excluding steroid dienone is 2. The number of nitrogens with one attached hydrogen (secondary N) is 1. The van der Waals surface area contributed by atoms with Crippen LogP contribution in [0.3, 0.4) is 0 Å². The van der Waals surface area contributed by atoms with Crippen LogP contribution >= 0.6 is 15.9 Å². The van der Waals surface area contributed by atoms with E-state index in [4.69, 9.17) is 4.99 Å². The molecule has 1 aliphatic heterocycles. The van der Waals surface area contributed by atoms with Gasteiger partial charge in [0.05, 0.1) is 12.8 Å². The van der Waals surface area contributed by atoms with Gasteiger partial charge in [-0.25, -0.2) is 0 Å². The number of hydrazone groups is 1. The van der Waals surface area contributed by atoms with Gasteiger partial charge in [0.1, 0.15) is 5.84 Å². The van der Waals surface area contributed by atoms with Crippen molar-refractivity contribution in [3.63, 3.8) is 0 Å². The molecule has 2 heterocycles. The minimum absolute atomic E-state index is 0.195. The van der Waals surface area contributed by atoms with Gasteiger partial charge in [-0.05, 0) is 40.4 Å². The predicted molar refractivity (Wildman–Crippen MR) is 134 cm³/mol. The molecular formula is C21H32BrN7O2S. The average Bonchev–Trinajstić information content (AvgIpc) is 2.78. The van der Waals surface area contributed by atoms with Crippen LogP contribution in [0.2, 0.25) is 0 Å². The monoisotopic (exact) mass is 525 g/mol. The van der Waals surface area contributed by atoms with E-state index in [9.17, 15) is 8.42 Å². The van der Waals surface area contributed by atoms with Gasteiger partial charge in [-0.1, -0.05) is 12.6 Å². The van der Waals surface area contributed by atoms with E-state index in [2.05, 4.69) is 37.9 Å². The van der Waals surface area contributed by atoms with E-state index >= 15 is 0 Å². The van der Waals surface area contributed by atoms with Crippen LogP contribution in [0.1, 0.15) is 18.4 Å². The van der Waals surface area contributed by atoms with Crippen LogP contribution in [-0.4, -0.2) is 80.4 Å². The summed E-state index contributed by atoms with van der Waals surface area (Å²) >= 11 is 3.28. The van der Waals surface area contributed by atoms with Crippen LogP contribution < -0.4 is 5.32 Å². The van der Waals surface area contributed by atoms with Gasteiger partial charge in [-0.15, -0.1) is 0 Å². The van der Waals surface area contributed by atoms with Gasteiger partial charge in [0.25, 0.3) is 10.2 Å². The summed E-state index contributed by atoms with van der Waals surface area (Å²) in [7, 11) is 3.42. The Hall–Kier alpha value is -2.08. The largest absolute Gasteiger partial charge is 0.391 e. The van der Waals surface area contributed by atoms with Crippen LogP contribution in [0.25, 0.3) is 0 Å². The quantitative estimate of drug-likeness (QED) is 0.303. The summed E-state index contributed by atoms with van der Waals surface area (Å²) < 4.78 is 28.3. The topological polar surface area (TPSA) is 93.5 Å². The third-order valence-corrected chi connectivity index (χ3v) is 7.25. The zero-order valence-corrected chi connectivity index (χ0v) is 21.5. The van der Waals surface area contributed by atoms with Crippen molar-refractivity contribution in [3.8, 4) is 0 Å². The van der Waals surface area contributed by atoms with Crippen molar-refractivity contribution in [2.75, 3.05) is 41.3 Å². The molecule has 0 saturated carbocycles. The summed E-state index contributed by atoms with van der Waals surface area (Å²) in [5.41, 5.74) is 1.99. The first kappa shape index (κ1) is 26.2. The summed E-state index contributed by atoms with van der Waals surface area (Å²) in [6, 6.07) is 3.85. The maximum Gasteiger partial charge on any atom is 0.281 e. The summed E-state index contributed by atoms with van der Waals surface area (Å²) in [6.07, 6.45) is 8.55. The molecule has 0 bridgehead atoms. The first-order chi connectivity index (χ1) is 15.1. The molecule has 1 fully saturated rings. The maximum atomic E-state index is 12.4. The lowest BCUT2D eigenvalue weighted by atomic mass is 9.94. The number of amidine groups is 1. The molecule has 1 aromatic rings. The minimum Gasteiger partial charge on any atom is -0.391 e.